The smallest absolute Gasteiger partial charge is 0.0218 e. The molecular weight excluding hydrogens is 196 g/mol. The van der Waals surface area contributed by atoms with E-state index in [1.165, 1.54) is 57.9 Å². The zero-order chi connectivity index (χ0) is 11.8. The van der Waals surface area contributed by atoms with Crippen LogP contribution in [0.2, 0.25) is 0 Å². The molecule has 2 N–H and O–H groups in total. The monoisotopic (exact) mass is 226 g/mol. The Morgan fingerprint density at radius 2 is 1.94 bits per heavy atom. The van der Waals surface area contributed by atoms with Crippen LogP contribution in [0.1, 0.15) is 58.3 Å². The molecule has 0 radical (unpaired) electrons. The number of nitrogens with two attached hydrogens (primary N) is 1. The Morgan fingerprint density at radius 1 is 1.25 bits per heavy atom. The molecule has 1 rings (SSSR count). The highest BCUT2D eigenvalue weighted by Crippen LogP contribution is 2.28. The lowest BCUT2D eigenvalue weighted by Crippen LogP contribution is -2.40. The summed E-state index contributed by atoms with van der Waals surface area (Å²) in [5.74, 6) is 0.950. The first-order valence-corrected chi connectivity index (χ1v) is 7.18. The maximum absolute atomic E-state index is 5.92. The predicted octanol–water partition coefficient (Wildman–Crippen LogP) is 3.02. The van der Waals surface area contributed by atoms with Gasteiger partial charge in [0.15, 0.2) is 0 Å². The Kier molecular flexibility index (Phi) is 7.06. The van der Waals surface area contributed by atoms with Crippen LogP contribution in [0.25, 0.3) is 0 Å². The van der Waals surface area contributed by atoms with E-state index in [9.17, 15) is 0 Å². The van der Waals surface area contributed by atoms with Crippen molar-refractivity contribution >= 4 is 0 Å². The van der Waals surface area contributed by atoms with Crippen molar-refractivity contribution in [2.75, 3.05) is 20.1 Å². The lowest BCUT2D eigenvalue weighted by atomic mass is 9.84. The van der Waals surface area contributed by atoms with E-state index in [0.717, 1.165) is 12.5 Å². The lowest BCUT2D eigenvalue weighted by Gasteiger charge is -2.32. The number of likely N-dealkylation sites (N-methyl/N-ethyl adjacent to an activating group) is 1. The molecule has 1 unspecified atom stereocenters. The summed E-state index contributed by atoms with van der Waals surface area (Å²) in [5.41, 5.74) is 5.92. The zero-order valence-corrected chi connectivity index (χ0v) is 11.3. The summed E-state index contributed by atoms with van der Waals surface area (Å²) in [6.07, 6.45) is 11.1. The summed E-state index contributed by atoms with van der Waals surface area (Å²) in [7, 11) is 2.25. The molecule has 0 aromatic carbocycles. The van der Waals surface area contributed by atoms with Crippen molar-refractivity contribution in [3.05, 3.63) is 0 Å². The number of hydrogen-bond donors (Lipinski definition) is 1. The minimum atomic E-state index is 0.620. The SMILES string of the molecule is CCCCN(C)C(CN)CC1CCCCC1. The van der Waals surface area contributed by atoms with Gasteiger partial charge in [-0.2, -0.15) is 0 Å². The first-order chi connectivity index (χ1) is 7.77. The van der Waals surface area contributed by atoms with Crippen LogP contribution >= 0.6 is 0 Å². The van der Waals surface area contributed by atoms with E-state index in [0.29, 0.717) is 6.04 Å². The van der Waals surface area contributed by atoms with Crippen molar-refractivity contribution in [1.29, 1.82) is 0 Å². The van der Waals surface area contributed by atoms with Gasteiger partial charge in [-0.3, -0.25) is 0 Å². The van der Waals surface area contributed by atoms with Gasteiger partial charge in [0.05, 0.1) is 0 Å². The number of rotatable bonds is 7. The lowest BCUT2D eigenvalue weighted by molar-refractivity contribution is 0.189. The fraction of sp³-hybridized carbons (Fsp3) is 1.00. The topological polar surface area (TPSA) is 29.3 Å². The molecule has 1 aliphatic rings. The van der Waals surface area contributed by atoms with Crippen LogP contribution in [0, 0.1) is 5.92 Å². The molecule has 0 heterocycles. The quantitative estimate of drug-likeness (QED) is 0.723. The molecule has 0 aromatic heterocycles. The highest BCUT2D eigenvalue weighted by Gasteiger charge is 2.20. The second kappa shape index (κ2) is 8.08. The van der Waals surface area contributed by atoms with E-state index < -0.39 is 0 Å². The number of hydrogen-bond acceptors (Lipinski definition) is 2. The Hall–Kier alpha value is -0.0800. The first kappa shape index (κ1) is 14.0. The summed E-state index contributed by atoms with van der Waals surface area (Å²) in [6.45, 7) is 4.30. The molecule has 1 saturated carbocycles. The molecule has 0 spiro atoms. The standard InChI is InChI=1S/C14H30N2/c1-3-4-10-16(2)14(12-15)11-13-8-6-5-7-9-13/h13-14H,3-12,15H2,1-2H3. The van der Waals surface area contributed by atoms with Gasteiger partial charge in [0.25, 0.3) is 0 Å². The van der Waals surface area contributed by atoms with Crippen LogP contribution < -0.4 is 5.73 Å². The largest absolute Gasteiger partial charge is 0.329 e. The van der Waals surface area contributed by atoms with Crippen LogP contribution in [0.5, 0.6) is 0 Å². The maximum Gasteiger partial charge on any atom is 0.0218 e. The second-order valence-corrected chi connectivity index (χ2v) is 5.46. The molecule has 0 saturated heterocycles. The number of nitrogens with zero attached hydrogens (tertiary/aromatic N) is 1. The van der Waals surface area contributed by atoms with E-state index in [2.05, 4.69) is 18.9 Å². The van der Waals surface area contributed by atoms with E-state index in [4.69, 9.17) is 5.73 Å². The Labute approximate surface area is 102 Å². The molecule has 1 atom stereocenters. The van der Waals surface area contributed by atoms with Gasteiger partial charge in [0.2, 0.25) is 0 Å². The molecule has 0 aromatic rings. The molecule has 0 bridgehead atoms. The molecule has 0 aliphatic heterocycles. The molecule has 2 nitrogen and oxygen atoms in total. The van der Waals surface area contributed by atoms with Gasteiger partial charge in [-0.25, -0.2) is 0 Å². The predicted molar refractivity (Wildman–Crippen MR) is 71.6 cm³/mol. The molecule has 16 heavy (non-hydrogen) atoms. The molecule has 1 aliphatic carbocycles. The summed E-state index contributed by atoms with van der Waals surface area (Å²) in [4.78, 5) is 2.48. The van der Waals surface area contributed by atoms with Gasteiger partial charge in [0, 0.05) is 12.6 Å². The van der Waals surface area contributed by atoms with Crippen molar-refractivity contribution < 1.29 is 0 Å². The Bertz CT molecular complexity index is 164. The van der Waals surface area contributed by atoms with Gasteiger partial charge < -0.3 is 10.6 Å². The van der Waals surface area contributed by atoms with Crippen molar-refractivity contribution in [2.24, 2.45) is 11.7 Å². The second-order valence-electron chi connectivity index (χ2n) is 5.46. The highest BCUT2D eigenvalue weighted by atomic mass is 15.1. The molecule has 1 fully saturated rings. The van der Waals surface area contributed by atoms with Gasteiger partial charge in [-0.1, -0.05) is 45.4 Å². The van der Waals surface area contributed by atoms with Gasteiger partial charge >= 0.3 is 0 Å². The molecule has 96 valence electrons. The third-order valence-corrected chi connectivity index (χ3v) is 4.09. The van der Waals surface area contributed by atoms with Crippen LogP contribution in [0.3, 0.4) is 0 Å². The third-order valence-electron chi connectivity index (χ3n) is 4.09. The van der Waals surface area contributed by atoms with Crippen LogP contribution in [0.15, 0.2) is 0 Å². The Morgan fingerprint density at radius 3 is 2.50 bits per heavy atom. The average molecular weight is 226 g/mol. The van der Waals surface area contributed by atoms with E-state index in [1.807, 2.05) is 0 Å². The first-order valence-electron chi connectivity index (χ1n) is 7.18. The van der Waals surface area contributed by atoms with Crippen molar-refractivity contribution in [2.45, 2.75) is 64.3 Å². The number of unbranched alkanes of at least 4 members (excludes halogenated alkanes) is 1. The van der Waals surface area contributed by atoms with Crippen molar-refractivity contribution in [3.8, 4) is 0 Å². The minimum absolute atomic E-state index is 0.620. The summed E-state index contributed by atoms with van der Waals surface area (Å²) in [5, 5.41) is 0. The summed E-state index contributed by atoms with van der Waals surface area (Å²) >= 11 is 0. The normalized spacial score (nSPS) is 20.2. The Balaban J connectivity index is 2.28. The fourth-order valence-electron chi connectivity index (χ4n) is 2.85. The maximum atomic E-state index is 5.92. The van der Waals surface area contributed by atoms with Crippen LogP contribution in [0.4, 0.5) is 0 Å². The fourth-order valence-corrected chi connectivity index (χ4v) is 2.85. The van der Waals surface area contributed by atoms with Gasteiger partial charge in [0.1, 0.15) is 0 Å². The van der Waals surface area contributed by atoms with E-state index >= 15 is 0 Å². The minimum Gasteiger partial charge on any atom is -0.329 e. The average Bonchev–Trinajstić information content (AvgIpc) is 2.34. The molecule has 0 amide bonds. The van der Waals surface area contributed by atoms with Crippen molar-refractivity contribution in [1.82, 2.24) is 4.90 Å². The zero-order valence-electron chi connectivity index (χ0n) is 11.3. The van der Waals surface area contributed by atoms with Crippen LogP contribution in [-0.4, -0.2) is 31.1 Å². The van der Waals surface area contributed by atoms with Crippen LogP contribution in [-0.2, 0) is 0 Å². The van der Waals surface area contributed by atoms with Gasteiger partial charge in [-0.05, 0) is 32.4 Å². The molecular formula is C14H30N2. The van der Waals surface area contributed by atoms with E-state index in [1.54, 1.807) is 0 Å². The van der Waals surface area contributed by atoms with Crippen molar-refractivity contribution in [3.63, 3.8) is 0 Å². The third kappa shape index (κ3) is 4.84. The highest BCUT2D eigenvalue weighted by molar-refractivity contribution is 4.76. The van der Waals surface area contributed by atoms with E-state index in [-0.39, 0.29) is 0 Å². The summed E-state index contributed by atoms with van der Waals surface area (Å²) in [6, 6.07) is 0.620. The summed E-state index contributed by atoms with van der Waals surface area (Å²) < 4.78 is 0. The van der Waals surface area contributed by atoms with Gasteiger partial charge in [-0.15, -0.1) is 0 Å². The molecule has 2 heteroatoms.